The van der Waals surface area contributed by atoms with E-state index in [0.717, 1.165) is 22.6 Å². The molecule has 2 aromatic heterocycles. The van der Waals surface area contributed by atoms with Gasteiger partial charge in [0.25, 0.3) is 5.91 Å². The second-order valence-corrected chi connectivity index (χ2v) is 6.70. The van der Waals surface area contributed by atoms with Crippen LogP contribution in [0.4, 0.5) is 5.69 Å². The molecule has 2 heterocycles. The zero-order chi connectivity index (χ0) is 18.8. The van der Waals surface area contributed by atoms with Gasteiger partial charge >= 0.3 is 0 Å². The van der Waals surface area contributed by atoms with Crippen LogP contribution in [0.2, 0.25) is 0 Å². The van der Waals surface area contributed by atoms with Crippen molar-refractivity contribution in [2.75, 3.05) is 4.90 Å². The second kappa shape index (κ2) is 7.08. The molecule has 4 aromatic rings. The van der Waals surface area contributed by atoms with Gasteiger partial charge < -0.3 is 9.30 Å². The van der Waals surface area contributed by atoms with Gasteiger partial charge in [0.15, 0.2) is 0 Å². The molecule has 0 fully saturated rings. The minimum atomic E-state index is -0.0184. The predicted octanol–water partition coefficient (Wildman–Crippen LogP) is 4.80. The van der Waals surface area contributed by atoms with E-state index >= 15 is 0 Å². The molecule has 4 nitrogen and oxygen atoms in total. The zero-order valence-electron chi connectivity index (χ0n) is 15.5. The first-order chi connectivity index (χ1) is 13.1. The number of rotatable bonds is 4. The summed E-state index contributed by atoms with van der Waals surface area (Å²) in [5.41, 5.74) is 5.69. The van der Waals surface area contributed by atoms with Crippen LogP contribution in [0.3, 0.4) is 0 Å². The first-order valence-corrected chi connectivity index (χ1v) is 8.98. The van der Waals surface area contributed by atoms with Crippen LogP contribution in [0.15, 0.2) is 79.1 Å². The van der Waals surface area contributed by atoms with Gasteiger partial charge in [-0.15, -0.1) is 0 Å². The van der Waals surface area contributed by atoms with Crippen molar-refractivity contribution in [3.05, 3.63) is 102 Å². The number of nitrogens with zero attached hydrogens (tertiary/aromatic N) is 3. The first-order valence-electron chi connectivity index (χ1n) is 8.98. The second-order valence-electron chi connectivity index (χ2n) is 6.70. The van der Waals surface area contributed by atoms with Crippen LogP contribution in [-0.2, 0) is 6.54 Å². The number of amides is 1. The van der Waals surface area contributed by atoms with Gasteiger partial charge in [0.05, 0.1) is 18.4 Å². The third-order valence-corrected chi connectivity index (χ3v) is 4.88. The Morgan fingerprint density at radius 3 is 2.52 bits per heavy atom. The molecule has 134 valence electrons. The number of benzene rings is 2. The fourth-order valence-electron chi connectivity index (χ4n) is 3.18. The number of anilines is 1. The van der Waals surface area contributed by atoms with Gasteiger partial charge in [-0.3, -0.25) is 4.79 Å². The number of imidazole rings is 1. The van der Waals surface area contributed by atoms with Crippen LogP contribution in [-0.4, -0.2) is 15.3 Å². The Labute approximate surface area is 158 Å². The van der Waals surface area contributed by atoms with Gasteiger partial charge in [-0.05, 0) is 61.4 Å². The van der Waals surface area contributed by atoms with Crippen LogP contribution in [0, 0.1) is 13.8 Å². The lowest BCUT2D eigenvalue weighted by Gasteiger charge is -2.23. The van der Waals surface area contributed by atoms with E-state index in [1.54, 1.807) is 4.90 Å². The standard InChI is InChI=1S/C23H21N3O/c1-17-11-12-19(14-18(17)2)23(27)26(20-8-4-3-5-9-20)16-21-15-24-22-10-6-7-13-25(21)22/h3-15H,16H2,1-2H3. The van der Waals surface area contributed by atoms with Gasteiger partial charge in [-0.25, -0.2) is 4.98 Å². The average Bonchev–Trinajstić information content (AvgIpc) is 3.11. The molecule has 0 aliphatic heterocycles. The van der Waals surface area contributed by atoms with E-state index < -0.39 is 0 Å². The number of carbonyl (C=O) groups excluding carboxylic acids is 1. The third kappa shape index (κ3) is 3.34. The summed E-state index contributed by atoms with van der Waals surface area (Å²) in [5, 5.41) is 0. The largest absolute Gasteiger partial charge is 0.302 e. The van der Waals surface area contributed by atoms with Crippen LogP contribution < -0.4 is 4.90 Å². The van der Waals surface area contributed by atoms with E-state index in [4.69, 9.17) is 0 Å². The molecule has 0 saturated carbocycles. The third-order valence-electron chi connectivity index (χ3n) is 4.88. The van der Waals surface area contributed by atoms with Crippen LogP contribution in [0.1, 0.15) is 27.2 Å². The monoisotopic (exact) mass is 355 g/mol. The van der Waals surface area contributed by atoms with Gasteiger partial charge in [-0.2, -0.15) is 0 Å². The summed E-state index contributed by atoms with van der Waals surface area (Å²) in [5.74, 6) is -0.0184. The maximum absolute atomic E-state index is 13.4. The molecule has 0 radical (unpaired) electrons. The molecule has 4 rings (SSSR count). The number of hydrogen-bond donors (Lipinski definition) is 0. The van der Waals surface area contributed by atoms with Gasteiger partial charge in [0, 0.05) is 17.4 Å². The summed E-state index contributed by atoms with van der Waals surface area (Å²) < 4.78 is 2.02. The summed E-state index contributed by atoms with van der Waals surface area (Å²) in [6.07, 6.45) is 3.81. The maximum Gasteiger partial charge on any atom is 0.258 e. The van der Waals surface area contributed by atoms with Gasteiger partial charge in [-0.1, -0.05) is 30.3 Å². The van der Waals surface area contributed by atoms with Gasteiger partial charge in [0.1, 0.15) is 5.65 Å². The Morgan fingerprint density at radius 1 is 0.963 bits per heavy atom. The maximum atomic E-state index is 13.4. The molecule has 0 N–H and O–H groups in total. The summed E-state index contributed by atoms with van der Waals surface area (Å²) in [7, 11) is 0. The summed E-state index contributed by atoms with van der Waals surface area (Å²) in [6.45, 7) is 4.53. The number of aryl methyl sites for hydroxylation is 2. The molecule has 0 saturated heterocycles. The Balaban J connectivity index is 1.75. The number of para-hydroxylation sites is 1. The van der Waals surface area contributed by atoms with Crippen molar-refractivity contribution in [2.24, 2.45) is 0 Å². The fourth-order valence-corrected chi connectivity index (χ4v) is 3.18. The number of pyridine rings is 1. The molecule has 2 aromatic carbocycles. The van der Waals surface area contributed by atoms with Gasteiger partial charge in [0.2, 0.25) is 0 Å². The van der Waals surface area contributed by atoms with Crippen molar-refractivity contribution in [1.82, 2.24) is 9.38 Å². The molecule has 4 heteroatoms. The van der Waals surface area contributed by atoms with E-state index in [-0.39, 0.29) is 5.91 Å². The molecule has 0 unspecified atom stereocenters. The molecule has 0 aliphatic rings. The highest BCUT2D eigenvalue weighted by Crippen LogP contribution is 2.21. The normalized spacial score (nSPS) is 10.9. The molecule has 0 aliphatic carbocycles. The number of hydrogen-bond acceptors (Lipinski definition) is 2. The van der Waals surface area contributed by atoms with E-state index in [0.29, 0.717) is 12.1 Å². The van der Waals surface area contributed by atoms with Crippen molar-refractivity contribution >= 4 is 17.2 Å². The molecule has 1 amide bonds. The molecular weight excluding hydrogens is 334 g/mol. The highest BCUT2D eigenvalue weighted by molar-refractivity contribution is 6.06. The molecule has 0 spiro atoms. The smallest absolute Gasteiger partial charge is 0.258 e. The van der Waals surface area contributed by atoms with Crippen molar-refractivity contribution in [3.63, 3.8) is 0 Å². The van der Waals surface area contributed by atoms with Crippen LogP contribution in [0.5, 0.6) is 0 Å². The predicted molar refractivity (Wildman–Crippen MR) is 108 cm³/mol. The number of fused-ring (bicyclic) bond motifs is 1. The minimum absolute atomic E-state index is 0.0184. The molecule has 0 atom stereocenters. The Morgan fingerprint density at radius 2 is 1.74 bits per heavy atom. The Hall–Kier alpha value is -3.40. The summed E-state index contributed by atoms with van der Waals surface area (Å²) >= 11 is 0. The van der Waals surface area contributed by atoms with E-state index in [2.05, 4.69) is 11.9 Å². The van der Waals surface area contributed by atoms with Crippen molar-refractivity contribution in [2.45, 2.75) is 20.4 Å². The lowest BCUT2D eigenvalue weighted by molar-refractivity contribution is 0.0984. The fraction of sp³-hybridized carbons (Fsp3) is 0.130. The first kappa shape index (κ1) is 17.0. The van der Waals surface area contributed by atoms with Crippen LogP contribution >= 0.6 is 0 Å². The lowest BCUT2D eigenvalue weighted by atomic mass is 10.1. The Bertz CT molecular complexity index is 1100. The lowest BCUT2D eigenvalue weighted by Crippen LogP contribution is -2.31. The number of carbonyl (C=O) groups is 1. The Kier molecular flexibility index (Phi) is 4.47. The van der Waals surface area contributed by atoms with E-state index in [9.17, 15) is 4.79 Å². The van der Waals surface area contributed by atoms with Crippen molar-refractivity contribution in [3.8, 4) is 0 Å². The van der Waals surface area contributed by atoms with E-state index in [1.807, 2.05) is 90.4 Å². The van der Waals surface area contributed by atoms with Crippen LogP contribution in [0.25, 0.3) is 5.65 Å². The molecular formula is C23H21N3O. The topological polar surface area (TPSA) is 37.6 Å². The molecule has 0 bridgehead atoms. The highest BCUT2D eigenvalue weighted by Gasteiger charge is 2.20. The zero-order valence-corrected chi connectivity index (χ0v) is 15.5. The summed E-state index contributed by atoms with van der Waals surface area (Å²) in [6, 6.07) is 21.5. The molecule has 27 heavy (non-hydrogen) atoms. The highest BCUT2D eigenvalue weighted by atomic mass is 16.2. The average molecular weight is 355 g/mol. The van der Waals surface area contributed by atoms with E-state index in [1.165, 1.54) is 5.56 Å². The minimum Gasteiger partial charge on any atom is -0.302 e. The quantitative estimate of drug-likeness (QED) is 0.527. The van der Waals surface area contributed by atoms with Crippen molar-refractivity contribution < 1.29 is 4.79 Å². The number of aromatic nitrogens is 2. The summed E-state index contributed by atoms with van der Waals surface area (Å²) in [4.78, 5) is 19.6. The SMILES string of the molecule is Cc1ccc(C(=O)N(Cc2cnc3ccccn23)c2ccccc2)cc1C. The van der Waals surface area contributed by atoms with Crippen molar-refractivity contribution in [1.29, 1.82) is 0 Å².